The summed E-state index contributed by atoms with van der Waals surface area (Å²) in [5.41, 5.74) is 5.23. The van der Waals surface area contributed by atoms with Crippen molar-refractivity contribution in [2.45, 2.75) is 32.2 Å². The molecule has 0 atom stereocenters. The Kier molecular flexibility index (Phi) is 4.06. The van der Waals surface area contributed by atoms with Gasteiger partial charge in [-0.15, -0.1) is 0 Å². The lowest BCUT2D eigenvalue weighted by atomic mass is 9.90. The number of hydrogen-bond donors (Lipinski definition) is 1. The molecule has 0 amide bonds. The number of fused-ring (bicyclic) bond motifs is 1. The quantitative estimate of drug-likeness (QED) is 0.825. The van der Waals surface area contributed by atoms with E-state index in [2.05, 4.69) is 39.4 Å². The molecule has 2 aromatic rings. The van der Waals surface area contributed by atoms with Crippen LogP contribution in [0.5, 0.6) is 0 Å². The highest BCUT2D eigenvalue weighted by molar-refractivity contribution is 9.10. The van der Waals surface area contributed by atoms with Gasteiger partial charge in [0.15, 0.2) is 0 Å². The number of anilines is 1. The molecule has 0 saturated carbocycles. The Morgan fingerprint density at radius 3 is 2.80 bits per heavy atom. The van der Waals surface area contributed by atoms with E-state index < -0.39 is 0 Å². The molecule has 0 unspecified atom stereocenters. The molecule has 20 heavy (non-hydrogen) atoms. The average molecular weight is 334 g/mol. The van der Waals surface area contributed by atoms with Crippen LogP contribution < -0.4 is 5.32 Å². The highest BCUT2D eigenvalue weighted by Crippen LogP contribution is 2.28. The molecule has 0 aliphatic heterocycles. The van der Waals surface area contributed by atoms with E-state index in [4.69, 9.17) is 0 Å². The first kappa shape index (κ1) is 13.6. The molecule has 0 fully saturated rings. The SMILES string of the molecule is Fc1ccc(CNc2cccc3c2CCCC3)cc1Br. The Bertz CT molecular complexity index is 624. The van der Waals surface area contributed by atoms with Gasteiger partial charge in [0.2, 0.25) is 0 Å². The third-order valence-electron chi connectivity index (χ3n) is 3.86. The first-order valence-corrected chi connectivity index (χ1v) is 7.82. The zero-order valence-corrected chi connectivity index (χ0v) is 12.8. The van der Waals surface area contributed by atoms with Crippen molar-refractivity contribution in [3.05, 3.63) is 63.4 Å². The van der Waals surface area contributed by atoms with Gasteiger partial charge in [-0.2, -0.15) is 0 Å². The Balaban J connectivity index is 1.76. The molecule has 3 rings (SSSR count). The smallest absolute Gasteiger partial charge is 0.137 e. The second-order valence-electron chi connectivity index (χ2n) is 5.25. The summed E-state index contributed by atoms with van der Waals surface area (Å²) in [6, 6.07) is 11.6. The van der Waals surface area contributed by atoms with Gasteiger partial charge in [0.1, 0.15) is 5.82 Å². The van der Waals surface area contributed by atoms with Crippen molar-refractivity contribution in [3.8, 4) is 0 Å². The molecule has 0 bridgehead atoms. The van der Waals surface area contributed by atoms with Crippen molar-refractivity contribution in [1.82, 2.24) is 0 Å². The zero-order chi connectivity index (χ0) is 13.9. The summed E-state index contributed by atoms with van der Waals surface area (Å²) in [5, 5.41) is 3.49. The fourth-order valence-corrected chi connectivity index (χ4v) is 3.22. The average Bonchev–Trinajstić information content (AvgIpc) is 2.48. The Labute approximate surface area is 127 Å². The number of aryl methyl sites for hydroxylation is 1. The largest absolute Gasteiger partial charge is 0.381 e. The van der Waals surface area contributed by atoms with E-state index in [1.54, 1.807) is 0 Å². The van der Waals surface area contributed by atoms with Crippen LogP contribution in [0.25, 0.3) is 0 Å². The van der Waals surface area contributed by atoms with Gasteiger partial charge in [-0.1, -0.05) is 18.2 Å². The second kappa shape index (κ2) is 5.96. The first-order chi connectivity index (χ1) is 9.74. The predicted molar refractivity (Wildman–Crippen MR) is 84.5 cm³/mol. The minimum Gasteiger partial charge on any atom is -0.381 e. The molecule has 0 aromatic heterocycles. The standard InChI is InChI=1S/C17H17BrFN/c18-15-10-12(8-9-16(15)19)11-20-17-7-3-5-13-4-1-2-6-14(13)17/h3,5,7-10,20H,1-2,4,6,11H2. The maximum atomic E-state index is 13.2. The topological polar surface area (TPSA) is 12.0 Å². The third kappa shape index (κ3) is 2.88. The minimum absolute atomic E-state index is 0.217. The predicted octanol–water partition coefficient (Wildman–Crippen LogP) is 5.08. The lowest BCUT2D eigenvalue weighted by Crippen LogP contribution is -2.08. The Hall–Kier alpha value is -1.35. The number of benzene rings is 2. The van der Waals surface area contributed by atoms with Gasteiger partial charge in [0, 0.05) is 12.2 Å². The molecule has 1 N–H and O–H groups in total. The van der Waals surface area contributed by atoms with Gasteiger partial charge in [-0.05, 0) is 76.5 Å². The number of nitrogens with one attached hydrogen (secondary N) is 1. The van der Waals surface area contributed by atoms with Gasteiger partial charge in [-0.3, -0.25) is 0 Å². The molecule has 0 spiro atoms. The fourth-order valence-electron chi connectivity index (χ4n) is 2.79. The Morgan fingerprint density at radius 1 is 1.10 bits per heavy atom. The van der Waals surface area contributed by atoms with Crippen molar-refractivity contribution in [1.29, 1.82) is 0 Å². The molecule has 104 valence electrons. The van der Waals surface area contributed by atoms with Crippen LogP contribution in [0.4, 0.5) is 10.1 Å². The van der Waals surface area contributed by atoms with Crippen LogP contribution in [0.15, 0.2) is 40.9 Å². The van der Waals surface area contributed by atoms with E-state index in [9.17, 15) is 4.39 Å². The number of rotatable bonds is 3. The normalized spacial score (nSPS) is 13.9. The van der Waals surface area contributed by atoms with Gasteiger partial charge >= 0.3 is 0 Å². The molecule has 1 aliphatic rings. The summed E-state index contributed by atoms with van der Waals surface area (Å²) in [6.45, 7) is 0.718. The summed E-state index contributed by atoms with van der Waals surface area (Å²) in [5.74, 6) is -0.217. The molecule has 2 aromatic carbocycles. The Morgan fingerprint density at radius 2 is 1.95 bits per heavy atom. The zero-order valence-electron chi connectivity index (χ0n) is 11.3. The van der Waals surface area contributed by atoms with Crippen LogP contribution >= 0.6 is 15.9 Å². The molecule has 1 nitrogen and oxygen atoms in total. The van der Waals surface area contributed by atoms with Crippen LogP contribution in [-0.4, -0.2) is 0 Å². The van der Waals surface area contributed by atoms with Crippen molar-refractivity contribution in [2.24, 2.45) is 0 Å². The summed E-state index contributed by atoms with van der Waals surface area (Å²) >= 11 is 3.23. The van der Waals surface area contributed by atoms with E-state index in [0.717, 1.165) is 18.5 Å². The molecular weight excluding hydrogens is 317 g/mol. The molecule has 3 heteroatoms. The molecular formula is C17H17BrFN. The maximum absolute atomic E-state index is 13.2. The van der Waals surface area contributed by atoms with E-state index >= 15 is 0 Å². The summed E-state index contributed by atoms with van der Waals surface area (Å²) in [6.07, 6.45) is 4.91. The van der Waals surface area contributed by atoms with Gasteiger partial charge in [0.25, 0.3) is 0 Å². The van der Waals surface area contributed by atoms with E-state index in [1.165, 1.54) is 42.1 Å². The van der Waals surface area contributed by atoms with E-state index in [-0.39, 0.29) is 5.82 Å². The monoisotopic (exact) mass is 333 g/mol. The van der Waals surface area contributed by atoms with Gasteiger partial charge < -0.3 is 5.32 Å². The van der Waals surface area contributed by atoms with Crippen LogP contribution in [0, 0.1) is 5.82 Å². The van der Waals surface area contributed by atoms with Gasteiger partial charge in [0.05, 0.1) is 4.47 Å². The summed E-state index contributed by atoms with van der Waals surface area (Å²) < 4.78 is 13.7. The summed E-state index contributed by atoms with van der Waals surface area (Å²) in [4.78, 5) is 0. The van der Waals surface area contributed by atoms with Crippen LogP contribution in [-0.2, 0) is 19.4 Å². The first-order valence-electron chi connectivity index (χ1n) is 7.02. The lowest BCUT2D eigenvalue weighted by molar-refractivity contribution is 0.620. The highest BCUT2D eigenvalue weighted by atomic mass is 79.9. The minimum atomic E-state index is -0.217. The van der Waals surface area contributed by atoms with Crippen molar-refractivity contribution < 1.29 is 4.39 Å². The van der Waals surface area contributed by atoms with Crippen molar-refractivity contribution in [2.75, 3.05) is 5.32 Å². The highest BCUT2D eigenvalue weighted by Gasteiger charge is 2.12. The van der Waals surface area contributed by atoms with Crippen LogP contribution in [0.1, 0.15) is 29.5 Å². The van der Waals surface area contributed by atoms with Crippen molar-refractivity contribution >= 4 is 21.6 Å². The lowest BCUT2D eigenvalue weighted by Gasteiger charge is -2.20. The van der Waals surface area contributed by atoms with Crippen LogP contribution in [0.2, 0.25) is 0 Å². The molecule has 1 aliphatic carbocycles. The molecule has 0 radical (unpaired) electrons. The van der Waals surface area contributed by atoms with Crippen LogP contribution in [0.3, 0.4) is 0 Å². The summed E-state index contributed by atoms with van der Waals surface area (Å²) in [7, 11) is 0. The van der Waals surface area contributed by atoms with Gasteiger partial charge in [-0.25, -0.2) is 4.39 Å². The van der Waals surface area contributed by atoms with E-state index in [1.807, 2.05) is 12.1 Å². The number of hydrogen-bond acceptors (Lipinski definition) is 1. The van der Waals surface area contributed by atoms with E-state index in [0.29, 0.717) is 4.47 Å². The third-order valence-corrected chi connectivity index (χ3v) is 4.47. The maximum Gasteiger partial charge on any atom is 0.137 e. The fraction of sp³-hybridized carbons (Fsp3) is 0.294. The second-order valence-corrected chi connectivity index (χ2v) is 6.11. The molecule has 0 saturated heterocycles. The number of halogens is 2. The molecule has 0 heterocycles. The van der Waals surface area contributed by atoms with Crippen molar-refractivity contribution in [3.63, 3.8) is 0 Å².